The zero-order valence-corrected chi connectivity index (χ0v) is 10.6. The highest BCUT2D eigenvalue weighted by Gasteiger charge is 2.22. The molecule has 16 heavy (non-hydrogen) atoms. The van der Waals surface area contributed by atoms with Gasteiger partial charge in [0, 0.05) is 6.61 Å². The van der Waals surface area contributed by atoms with Crippen LogP contribution in [0.2, 0.25) is 0 Å². The monoisotopic (exact) mass is 263 g/mol. The Balaban J connectivity index is 2.71. The number of carbonyl (C=O) groups excluding carboxylic acids is 1. The van der Waals surface area contributed by atoms with Crippen molar-refractivity contribution in [3.63, 3.8) is 0 Å². The van der Waals surface area contributed by atoms with E-state index in [-0.39, 0.29) is 4.21 Å². The van der Waals surface area contributed by atoms with Crippen molar-refractivity contribution >= 4 is 27.3 Å². The molecule has 0 saturated carbocycles. The molecule has 1 unspecified atom stereocenters. The first-order chi connectivity index (χ1) is 7.47. The summed E-state index contributed by atoms with van der Waals surface area (Å²) in [4.78, 5) is 11.4. The number of amides is 1. The predicted molar refractivity (Wildman–Crippen MR) is 60.7 cm³/mol. The predicted octanol–water partition coefficient (Wildman–Crippen LogP) is 0.978. The highest BCUT2D eigenvalue weighted by Crippen LogP contribution is 2.15. The molecule has 0 aliphatic heterocycles. The average molecular weight is 263 g/mol. The number of ether oxygens (including phenoxy) is 1. The molecule has 1 atom stereocenters. The van der Waals surface area contributed by atoms with Crippen molar-refractivity contribution in [1.82, 2.24) is 4.72 Å². The summed E-state index contributed by atoms with van der Waals surface area (Å²) in [5.74, 6) is -0.657. The van der Waals surface area contributed by atoms with Crippen molar-refractivity contribution in [2.45, 2.75) is 24.2 Å². The van der Waals surface area contributed by atoms with Gasteiger partial charge in [-0.1, -0.05) is 6.07 Å². The lowest BCUT2D eigenvalue weighted by atomic mass is 10.4. The summed E-state index contributed by atoms with van der Waals surface area (Å²) >= 11 is 1.05. The Morgan fingerprint density at radius 3 is 2.81 bits per heavy atom. The Morgan fingerprint density at radius 1 is 1.62 bits per heavy atom. The van der Waals surface area contributed by atoms with E-state index in [9.17, 15) is 13.2 Å². The summed E-state index contributed by atoms with van der Waals surface area (Å²) in [6.07, 6.45) is -0.778. The topological polar surface area (TPSA) is 72.5 Å². The first kappa shape index (κ1) is 13.1. The second-order valence-corrected chi connectivity index (χ2v) is 5.86. The van der Waals surface area contributed by atoms with E-state index in [2.05, 4.69) is 0 Å². The molecule has 0 fully saturated rings. The smallest absolute Gasteiger partial charge is 0.273 e. The van der Waals surface area contributed by atoms with Crippen LogP contribution in [0.25, 0.3) is 0 Å². The zero-order chi connectivity index (χ0) is 12.2. The third kappa shape index (κ3) is 3.29. The zero-order valence-electron chi connectivity index (χ0n) is 8.97. The Bertz CT molecular complexity index is 438. The molecule has 1 N–H and O–H groups in total. The van der Waals surface area contributed by atoms with Gasteiger partial charge in [-0.25, -0.2) is 13.1 Å². The lowest BCUT2D eigenvalue weighted by Crippen LogP contribution is -2.38. The molecule has 1 aromatic heterocycles. The molecule has 0 bridgehead atoms. The largest absolute Gasteiger partial charge is 0.369 e. The maximum Gasteiger partial charge on any atom is 0.273 e. The van der Waals surface area contributed by atoms with Gasteiger partial charge in [0.05, 0.1) is 0 Å². The van der Waals surface area contributed by atoms with Gasteiger partial charge in [0.2, 0.25) is 0 Å². The van der Waals surface area contributed by atoms with E-state index in [0.29, 0.717) is 6.61 Å². The van der Waals surface area contributed by atoms with Crippen molar-refractivity contribution in [1.29, 1.82) is 0 Å². The molecule has 7 heteroatoms. The molecule has 0 aromatic carbocycles. The lowest BCUT2D eigenvalue weighted by molar-refractivity contribution is -0.129. The first-order valence-electron chi connectivity index (χ1n) is 4.69. The van der Waals surface area contributed by atoms with Crippen molar-refractivity contribution in [2.24, 2.45) is 0 Å². The molecule has 1 rings (SSSR count). The van der Waals surface area contributed by atoms with Gasteiger partial charge < -0.3 is 4.74 Å². The molecule has 1 heterocycles. The normalized spacial score (nSPS) is 13.4. The van der Waals surface area contributed by atoms with Crippen LogP contribution in [0.4, 0.5) is 0 Å². The van der Waals surface area contributed by atoms with Crippen LogP contribution >= 0.6 is 11.3 Å². The van der Waals surface area contributed by atoms with E-state index < -0.39 is 22.0 Å². The molecular formula is C9H13NO4S2. The molecular weight excluding hydrogens is 250 g/mol. The number of nitrogens with one attached hydrogen (secondary N) is 1. The minimum Gasteiger partial charge on any atom is -0.369 e. The van der Waals surface area contributed by atoms with Gasteiger partial charge >= 0.3 is 0 Å². The van der Waals surface area contributed by atoms with E-state index in [1.165, 1.54) is 13.0 Å². The van der Waals surface area contributed by atoms with Gasteiger partial charge in [-0.2, -0.15) is 0 Å². The summed E-state index contributed by atoms with van der Waals surface area (Å²) in [6, 6.07) is 3.04. The Kier molecular flexibility index (Phi) is 4.45. The van der Waals surface area contributed by atoms with Gasteiger partial charge in [-0.15, -0.1) is 11.3 Å². The molecule has 1 aromatic rings. The van der Waals surface area contributed by atoms with Crippen molar-refractivity contribution in [3.05, 3.63) is 17.5 Å². The van der Waals surface area contributed by atoms with Crippen LogP contribution in [0.1, 0.15) is 13.8 Å². The number of hydrogen-bond acceptors (Lipinski definition) is 5. The number of carbonyl (C=O) groups is 1. The minimum atomic E-state index is -3.74. The number of sulfonamides is 1. The number of thiophene rings is 1. The number of rotatable bonds is 5. The van der Waals surface area contributed by atoms with Crippen LogP contribution in [-0.4, -0.2) is 27.0 Å². The SMILES string of the molecule is CCOC(C)C(=O)NS(=O)(=O)c1cccs1. The summed E-state index contributed by atoms with van der Waals surface area (Å²) in [6.45, 7) is 3.59. The van der Waals surface area contributed by atoms with E-state index >= 15 is 0 Å². The van der Waals surface area contributed by atoms with Gasteiger partial charge in [0.1, 0.15) is 10.3 Å². The Hall–Kier alpha value is -0.920. The van der Waals surface area contributed by atoms with Crippen molar-refractivity contribution in [2.75, 3.05) is 6.61 Å². The van der Waals surface area contributed by atoms with Gasteiger partial charge in [0.25, 0.3) is 15.9 Å². The molecule has 90 valence electrons. The van der Waals surface area contributed by atoms with Crippen molar-refractivity contribution in [3.8, 4) is 0 Å². The fraction of sp³-hybridized carbons (Fsp3) is 0.444. The molecule has 0 aliphatic carbocycles. The second-order valence-electron chi connectivity index (χ2n) is 3.00. The molecule has 0 saturated heterocycles. The van der Waals surface area contributed by atoms with Crippen LogP contribution in [0, 0.1) is 0 Å². The molecule has 0 aliphatic rings. The summed E-state index contributed by atoms with van der Waals surface area (Å²) in [5, 5.41) is 1.63. The van der Waals surface area contributed by atoms with Crippen LogP contribution < -0.4 is 4.72 Å². The van der Waals surface area contributed by atoms with E-state index in [1.54, 1.807) is 18.4 Å². The minimum absolute atomic E-state index is 0.115. The lowest BCUT2D eigenvalue weighted by Gasteiger charge is -2.11. The summed E-state index contributed by atoms with van der Waals surface area (Å²) < 4.78 is 30.3. The Morgan fingerprint density at radius 2 is 2.31 bits per heavy atom. The first-order valence-corrected chi connectivity index (χ1v) is 7.05. The van der Waals surface area contributed by atoms with Gasteiger partial charge in [-0.05, 0) is 25.3 Å². The standard InChI is InChI=1S/C9H13NO4S2/c1-3-14-7(2)9(11)10-16(12,13)8-5-4-6-15-8/h4-7H,3H2,1-2H3,(H,10,11). The third-order valence-electron chi connectivity index (χ3n) is 1.78. The fourth-order valence-electron chi connectivity index (χ4n) is 1.01. The number of hydrogen-bond donors (Lipinski definition) is 1. The van der Waals surface area contributed by atoms with Gasteiger partial charge in [0.15, 0.2) is 0 Å². The highest BCUT2D eigenvalue weighted by molar-refractivity contribution is 7.92. The molecule has 1 amide bonds. The third-order valence-corrected chi connectivity index (χ3v) is 4.53. The van der Waals surface area contributed by atoms with E-state index in [4.69, 9.17) is 4.74 Å². The van der Waals surface area contributed by atoms with Crippen LogP contribution in [0.3, 0.4) is 0 Å². The maximum absolute atomic E-state index is 11.6. The summed E-state index contributed by atoms with van der Waals surface area (Å²) in [7, 11) is -3.74. The van der Waals surface area contributed by atoms with E-state index in [1.807, 2.05) is 4.72 Å². The quantitative estimate of drug-likeness (QED) is 0.859. The average Bonchev–Trinajstić information content (AvgIpc) is 2.70. The van der Waals surface area contributed by atoms with Crippen LogP contribution in [0.15, 0.2) is 21.7 Å². The summed E-state index contributed by atoms with van der Waals surface area (Å²) in [5.41, 5.74) is 0. The highest BCUT2D eigenvalue weighted by atomic mass is 32.2. The van der Waals surface area contributed by atoms with Crippen molar-refractivity contribution < 1.29 is 17.9 Å². The van der Waals surface area contributed by atoms with Crippen LogP contribution in [0.5, 0.6) is 0 Å². The Labute approximate surface area is 98.5 Å². The van der Waals surface area contributed by atoms with Gasteiger partial charge in [-0.3, -0.25) is 4.79 Å². The van der Waals surface area contributed by atoms with Crippen LogP contribution in [-0.2, 0) is 19.6 Å². The maximum atomic E-state index is 11.6. The second kappa shape index (κ2) is 5.42. The van der Waals surface area contributed by atoms with E-state index in [0.717, 1.165) is 11.3 Å². The molecule has 5 nitrogen and oxygen atoms in total. The molecule has 0 spiro atoms. The molecule has 0 radical (unpaired) electrons. The fourth-order valence-corrected chi connectivity index (χ4v) is 3.04.